The maximum Gasteiger partial charge on any atom is 0.0764 e. The highest BCUT2D eigenvalue weighted by atomic mass is 16.3. The number of aromatic nitrogens is 2. The largest absolute Gasteiger partial charge is 0.394 e. The molecule has 0 unspecified atom stereocenters. The van der Waals surface area contributed by atoms with E-state index in [0.29, 0.717) is 6.04 Å². The SMILES string of the molecule is CC(C)n1ccc(CN(C)C(C)(C)CO)n1. The average Bonchev–Trinajstić information content (AvgIpc) is 2.66. The Morgan fingerprint density at radius 3 is 2.56 bits per heavy atom. The van der Waals surface area contributed by atoms with Crippen LogP contribution in [0.4, 0.5) is 0 Å². The molecular formula is C12H23N3O. The van der Waals surface area contributed by atoms with E-state index in [1.165, 1.54) is 0 Å². The summed E-state index contributed by atoms with van der Waals surface area (Å²) in [5, 5.41) is 13.8. The first-order chi connectivity index (χ1) is 7.36. The summed E-state index contributed by atoms with van der Waals surface area (Å²) < 4.78 is 1.95. The number of hydrogen-bond donors (Lipinski definition) is 1. The van der Waals surface area contributed by atoms with Gasteiger partial charge in [0.25, 0.3) is 0 Å². The first-order valence-electron chi connectivity index (χ1n) is 5.73. The molecule has 0 atom stereocenters. The van der Waals surface area contributed by atoms with Crippen LogP contribution in [0.5, 0.6) is 0 Å². The van der Waals surface area contributed by atoms with Gasteiger partial charge in [-0.2, -0.15) is 5.10 Å². The Labute approximate surface area is 97.9 Å². The van der Waals surface area contributed by atoms with Crippen LogP contribution in [0.25, 0.3) is 0 Å². The smallest absolute Gasteiger partial charge is 0.0764 e. The fourth-order valence-electron chi connectivity index (χ4n) is 1.33. The third-order valence-electron chi connectivity index (χ3n) is 3.01. The minimum Gasteiger partial charge on any atom is -0.394 e. The second-order valence-corrected chi connectivity index (χ2v) is 5.21. The second kappa shape index (κ2) is 4.97. The van der Waals surface area contributed by atoms with Crippen LogP contribution in [0.3, 0.4) is 0 Å². The molecule has 16 heavy (non-hydrogen) atoms. The number of rotatable bonds is 5. The van der Waals surface area contributed by atoms with Crippen molar-refractivity contribution in [3.05, 3.63) is 18.0 Å². The van der Waals surface area contributed by atoms with Gasteiger partial charge in [-0.1, -0.05) is 0 Å². The van der Waals surface area contributed by atoms with Crippen molar-refractivity contribution in [3.8, 4) is 0 Å². The fourth-order valence-corrected chi connectivity index (χ4v) is 1.33. The molecule has 0 radical (unpaired) electrons. The molecule has 0 aromatic carbocycles. The monoisotopic (exact) mass is 225 g/mol. The van der Waals surface area contributed by atoms with Crippen LogP contribution in [0.2, 0.25) is 0 Å². The lowest BCUT2D eigenvalue weighted by molar-refractivity contribution is 0.0722. The van der Waals surface area contributed by atoms with Gasteiger partial charge in [0.2, 0.25) is 0 Å². The molecule has 4 heteroatoms. The summed E-state index contributed by atoms with van der Waals surface area (Å²) in [5.74, 6) is 0. The Bertz CT molecular complexity index is 331. The van der Waals surface area contributed by atoms with Crippen LogP contribution in [-0.4, -0.2) is 39.0 Å². The van der Waals surface area contributed by atoms with Crippen molar-refractivity contribution in [2.45, 2.75) is 45.8 Å². The number of aliphatic hydroxyl groups is 1. The molecule has 0 aliphatic carbocycles. The number of likely N-dealkylation sites (N-methyl/N-ethyl adjacent to an activating group) is 1. The van der Waals surface area contributed by atoms with E-state index in [2.05, 4.69) is 23.8 Å². The quantitative estimate of drug-likeness (QED) is 0.828. The van der Waals surface area contributed by atoms with Crippen molar-refractivity contribution in [3.63, 3.8) is 0 Å². The van der Waals surface area contributed by atoms with Gasteiger partial charge in [0.05, 0.1) is 12.3 Å². The van der Waals surface area contributed by atoms with Crippen LogP contribution in [0.1, 0.15) is 39.4 Å². The molecule has 1 rings (SSSR count). The summed E-state index contributed by atoms with van der Waals surface area (Å²) in [4.78, 5) is 2.11. The Balaban J connectivity index is 2.66. The van der Waals surface area contributed by atoms with E-state index >= 15 is 0 Å². The normalized spacial score (nSPS) is 12.8. The predicted octanol–water partition coefficient (Wildman–Crippen LogP) is 1.67. The van der Waals surface area contributed by atoms with E-state index in [1.807, 2.05) is 37.8 Å². The van der Waals surface area contributed by atoms with Crippen molar-refractivity contribution < 1.29 is 5.11 Å². The van der Waals surface area contributed by atoms with Crippen LogP contribution >= 0.6 is 0 Å². The third kappa shape index (κ3) is 3.06. The zero-order chi connectivity index (χ0) is 12.3. The molecule has 0 saturated heterocycles. The van der Waals surface area contributed by atoms with Gasteiger partial charge >= 0.3 is 0 Å². The minimum absolute atomic E-state index is 0.147. The maximum atomic E-state index is 9.27. The highest BCUT2D eigenvalue weighted by molar-refractivity contribution is 5.00. The lowest BCUT2D eigenvalue weighted by Crippen LogP contribution is -2.43. The average molecular weight is 225 g/mol. The van der Waals surface area contributed by atoms with Crippen molar-refractivity contribution in [1.29, 1.82) is 0 Å². The van der Waals surface area contributed by atoms with Gasteiger partial charge in [-0.25, -0.2) is 0 Å². The van der Waals surface area contributed by atoms with Gasteiger partial charge in [-0.3, -0.25) is 9.58 Å². The van der Waals surface area contributed by atoms with E-state index in [4.69, 9.17) is 0 Å². The summed E-state index contributed by atoms with van der Waals surface area (Å²) >= 11 is 0. The molecule has 0 aliphatic heterocycles. The number of nitrogens with zero attached hydrogens (tertiary/aromatic N) is 3. The van der Waals surface area contributed by atoms with Crippen LogP contribution < -0.4 is 0 Å². The van der Waals surface area contributed by atoms with Crippen molar-refractivity contribution in [2.75, 3.05) is 13.7 Å². The first kappa shape index (κ1) is 13.2. The van der Waals surface area contributed by atoms with Crippen LogP contribution in [0, 0.1) is 0 Å². The molecule has 0 saturated carbocycles. The highest BCUT2D eigenvalue weighted by Gasteiger charge is 2.22. The van der Waals surface area contributed by atoms with E-state index in [0.717, 1.165) is 12.2 Å². The van der Waals surface area contributed by atoms with Crippen molar-refractivity contribution in [1.82, 2.24) is 14.7 Å². The molecule has 1 aromatic rings. The van der Waals surface area contributed by atoms with Crippen molar-refractivity contribution in [2.24, 2.45) is 0 Å². The zero-order valence-corrected chi connectivity index (χ0v) is 10.9. The molecule has 4 nitrogen and oxygen atoms in total. The summed E-state index contributed by atoms with van der Waals surface area (Å²) in [6, 6.07) is 2.43. The molecule has 92 valence electrons. The maximum absolute atomic E-state index is 9.27. The molecule has 0 spiro atoms. The van der Waals surface area contributed by atoms with Gasteiger partial charge in [-0.05, 0) is 40.8 Å². The van der Waals surface area contributed by atoms with Gasteiger partial charge in [0, 0.05) is 24.3 Å². The summed E-state index contributed by atoms with van der Waals surface area (Å²) in [6.07, 6.45) is 2.00. The number of aliphatic hydroxyl groups excluding tert-OH is 1. The molecule has 1 N–H and O–H groups in total. The van der Waals surface area contributed by atoms with Gasteiger partial charge in [0.15, 0.2) is 0 Å². The lowest BCUT2D eigenvalue weighted by atomic mass is 10.1. The molecular weight excluding hydrogens is 202 g/mol. The van der Waals surface area contributed by atoms with Crippen LogP contribution in [-0.2, 0) is 6.54 Å². The van der Waals surface area contributed by atoms with E-state index < -0.39 is 0 Å². The molecule has 0 amide bonds. The van der Waals surface area contributed by atoms with Crippen molar-refractivity contribution >= 4 is 0 Å². The Morgan fingerprint density at radius 1 is 1.50 bits per heavy atom. The highest BCUT2D eigenvalue weighted by Crippen LogP contribution is 2.14. The molecule has 0 bridgehead atoms. The standard InChI is InChI=1S/C12H23N3O/c1-10(2)15-7-6-11(13-15)8-14(5)12(3,4)9-16/h6-7,10,16H,8-9H2,1-5H3. The van der Waals surface area contributed by atoms with E-state index in [-0.39, 0.29) is 12.1 Å². The van der Waals surface area contributed by atoms with Gasteiger partial charge < -0.3 is 5.11 Å². The molecule has 1 aromatic heterocycles. The Kier molecular flexibility index (Phi) is 4.10. The summed E-state index contributed by atoms with van der Waals surface area (Å²) in [6.45, 7) is 9.16. The van der Waals surface area contributed by atoms with Gasteiger partial charge in [0.1, 0.15) is 0 Å². The Hall–Kier alpha value is -0.870. The Morgan fingerprint density at radius 2 is 2.12 bits per heavy atom. The topological polar surface area (TPSA) is 41.3 Å². The number of hydrogen-bond acceptors (Lipinski definition) is 3. The zero-order valence-electron chi connectivity index (χ0n) is 10.9. The summed E-state index contributed by atoms with van der Waals surface area (Å²) in [5.41, 5.74) is 0.833. The molecule has 1 heterocycles. The van der Waals surface area contributed by atoms with E-state index in [1.54, 1.807) is 0 Å². The van der Waals surface area contributed by atoms with Gasteiger partial charge in [-0.15, -0.1) is 0 Å². The second-order valence-electron chi connectivity index (χ2n) is 5.21. The predicted molar refractivity (Wildman–Crippen MR) is 65.2 cm³/mol. The minimum atomic E-state index is -0.207. The van der Waals surface area contributed by atoms with E-state index in [9.17, 15) is 5.11 Å². The lowest BCUT2D eigenvalue weighted by Gasteiger charge is -2.33. The third-order valence-corrected chi connectivity index (χ3v) is 3.01. The summed E-state index contributed by atoms with van der Waals surface area (Å²) in [7, 11) is 2.00. The molecule has 0 aliphatic rings. The molecule has 0 fully saturated rings. The fraction of sp³-hybridized carbons (Fsp3) is 0.750. The van der Waals surface area contributed by atoms with Crippen LogP contribution in [0.15, 0.2) is 12.3 Å². The first-order valence-corrected chi connectivity index (χ1v) is 5.73.